The molecule has 1 atom stereocenters. The number of hydrogen-bond donors (Lipinski definition) is 1. The van der Waals surface area contributed by atoms with Gasteiger partial charge in [0.2, 0.25) is 5.91 Å². The van der Waals surface area contributed by atoms with Crippen LogP contribution in [0, 0.1) is 11.8 Å². The average Bonchev–Trinajstić information content (AvgIpc) is 3.10. The first kappa shape index (κ1) is 11.2. The zero-order valence-corrected chi connectivity index (χ0v) is 9.94. The normalized spacial score (nSPS) is 17.2. The third kappa shape index (κ3) is 2.63. The first-order chi connectivity index (χ1) is 7.68. The first-order valence-corrected chi connectivity index (χ1v) is 6.04. The summed E-state index contributed by atoms with van der Waals surface area (Å²) < 4.78 is 0. The highest BCUT2D eigenvalue weighted by atomic mass is 16.2. The zero-order chi connectivity index (χ0) is 11.5. The summed E-state index contributed by atoms with van der Waals surface area (Å²) >= 11 is 0. The van der Waals surface area contributed by atoms with Gasteiger partial charge in [0.05, 0.1) is 6.04 Å². The van der Waals surface area contributed by atoms with Crippen LogP contribution in [0.4, 0.5) is 0 Å². The van der Waals surface area contributed by atoms with Gasteiger partial charge in [0.25, 0.3) is 0 Å². The van der Waals surface area contributed by atoms with Crippen molar-refractivity contribution in [3.63, 3.8) is 0 Å². The number of benzene rings is 1. The average molecular weight is 217 g/mol. The molecule has 1 amide bonds. The maximum Gasteiger partial charge on any atom is 0.223 e. The molecule has 0 heterocycles. The predicted molar refractivity (Wildman–Crippen MR) is 64.9 cm³/mol. The molecule has 1 aliphatic rings. The highest BCUT2D eigenvalue weighted by molar-refractivity contribution is 5.81. The Morgan fingerprint density at radius 3 is 2.38 bits per heavy atom. The minimum atomic E-state index is 0.147. The summed E-state index contributed by atoms with van der Waals surface area (Å²) in [6.45, 7) is 4.29. The van der Waals surface area contributed by atoms with E-state index in [0.717, 1.165) is 12.8 Å². The Kier molecular flexibility index (Phi) is 3.28. The van der Waals surface area contributed by atoms with Gasteiger partial charge in [-0.15, -0.1) is 0 Å². The number of amides is 1. The molecule has 16 heavy (non-hydrogen) atoms. The zero-order valence-electron chi connectivity index (χ0n) is 9.94. The molecule has 0 bridgehead atoms. The Balaban J connectivity index is 2.08. The van der Waals surface area contributed by atoms with Crippen molar-refractivity contribution < 1.29 is 4.79 Å². The third-order valence-electron chi connectivity index (χ3n) is 3.07. The highest BCUT2D eigenvalue weighted by Crippen LogP contribution is 2.31. The Bertz CT molecular complexity index is 354. The van der Waals surface area contributed by atoms with Gasteiger partial charge in [-0.05, 0) is 24.3 Å². The molecule has 0 aliphatic heterocycles. The lowest BCUT2D eigenvalue weighted by molar-refractivity contribution is -0.123. The Morgan fingerprint density at radius 2 is 1.88 bits per heavy atom. The summed E-state index contributed by atoms with van der Waals surface area (Å²) in [7, 11) is 0. The second-order valence-corrected chi connectivity index (χ2v) is 4.92. The van der Waals surface area contributed by atoms with Gasteiger partial charge in [0, 0.05) is 5.92 Å². The molecule has 0 aromatic heterocycles. The Hall–Kier alpha value is -1.31. The summed E-state index contributed by atoms with van der Waals surface area (Å²) in [5, 5.41) is 3.16. The molecule has 0 saturated heterocycles. The maximum atomic E-state index is 11.8. The molecule has 0 unspecified atom stereocenters. The van der Waals surface area contributed by atoms with Crippen molar-refractivity contribution in [2.24, 2.45) is 11.8 Å². The van der Waals surface area contributed by atoms with Gasteiger partial charge in [-0.2, -0.15) is 0 Å². The van der Waals surface area contributed by atoms with Crippen molar-refractivity contribution in [1.29, 1.82) is 0 Å². The van der Waals surface area contributed by atoms with E-state index in [4.69, 9.17) is 0 Å². The molecule has 1 aromatic rings. The van der Waals surface area contributed by atoms with E-state index in [9.17, 15) is 4.79 Å². The van der Waals surface area contributed by atoms with Gasteiger partial charge in [-0.3, -0.25) is 4.79 Å². The van der Waals surface area contributed by atoms with Crippen LogP contribution in [-0.2, 0) is 4.79 Å². The number of carbonyl (C=O) groups excluding carboxylic acids is 1. The summed E-state index contributed by atoms with van der Waals surface area (Å²) in [6.07, 6.45) is 2.12. The highest BCUT2D eigenvalue weighted by Gasteiger charge is 2.31. The molecule has 0 radical (unpaired) electrons. The van der Waals surface area contributed by atoms with Crippen LogP contribution in [-0.4, -0.2) is 5.91 Å². The molecule has 1 fully saturated rings. The lowest BCUT2D eigenvalue weighted by atomic mass is 9.96. The minimum Gasteiger partial charge on any atom is -0.349 e. The summed E-state index contributed by atoms with van der Waals surface area (Å²) in [4.78, 5) is 11.8. The van der Waals surface area contributed by atoms with Crippen LogP contribution in [0.3, 0.4) is 0 Å². The van der Waals surface area contributed by atoms with Gasteiger partial charge in [-0.25, -0.2) is 0 Å². The molecular formula is C14H19NO. The lowest BCUT2D eigenvalue weighted by Crippen LogP contribution is -2.32. The summed E-state index contributed by atoms with van der Waals surface area (Å²) in [5.41, 5.74) is 1.20. The first-order valence-electron chi connectivity index (χ1n) is 6.04. The van der Waals surface area contributed by atoms with Crippen LogP contribution >= 0.6 is 0 Å². The standard InChI is InChI=1S/C14H19NO/c1-10(2)13(11-6-4-3-5-7-11)15-14(16)12-8-9-12/h3-7,10,12-13H,8-9H2,1-2H3,(H,15,16)/t13-/m1/s1. The second kappa shape index (κ2) is 4.69. The van der Waals surface area contributed by atoms with Crippen LogP contribution in [0.5, 0.6) is 0 Å². The number of rotatable bonds is 4. The Morgan fingerprint density at radius 1 is 1.25 bits per heavy atom. The van der Waals surface area contributed by atoms with E-state index in [0.29, 0.717) is 5.92 Å². The molecule has 2 rings (SSSR count). The van der Waals surface area contributed by atoms with Gasteiger partial charge in [0.15, 0.2) is 0 Å². The topological polar surface area (TPSA) is 29.1 Å². The largest absolute Gasteiger partial charge is 0.349 e. The fourth-order valence-electron chi connectivity index (χ4n) is 1.91. The molecule has 1 aromatic carbocycles. The number of hydrogen-bond acceptors (Lipinski definition) is 1. The van der Waals surface area contributed by atoms with Gasteiger partial charge in [0.1, 0.15) is 0 Å². The van der Waals surface area contributed by atoms with Crippen LogP contribution < -0.4 is 5.32 Å². The minimum absolute atomic E-state index is 0.147. The second-order valence-electron chi connectivity index (χ2n) is 4.92. The number of carbonyl (C=O) groups is 1. The van der Waals surface area contributed by atoms with E-state index in [2.05, 4.69) is 31.3 Å². The van der Waals surface area contributed by atoms with Crippen molar-refractivity contribution >= 4 is 5.91 Å². The van der Waals surface area contributed by atoms with Crippen molar-refractivity contribution in [2.75, 3.05) is 0 Å². The van der Waals surface area contributed by atoms with Gasteiger partial charge >= 0.3 is 0 Å². The van der Waals surface area contributed by atoms with Gasteiger partial charge in [-0.1, -0.05) is 44.2 Å². The van der Waals surface area contributed by atoms with Crippen LogP contribution in [0.15, 0.2) is 30.3 Å². The fourth-order valence-corrected chi connectivity index (χ4v) is 1.91. The van der Waals surface area contributed by atoms with Crippen molar-refractivity contribution in [3.8, 4) is 0 Å². The van der Waals surface area contributed by atoms with E-state index in [1.54, 1.807) is 0 Å². The molecular weight excluding hydrogens is 198 g/mol. The molecule has 2 nitrogen and oxygen atoms in total. The van der Waals surface area contributed by atoms with Crippen molar-refractivity contribution in [3.05, 3.63) is 35.9 Å². The molecule has 2 heteroatoms. The van der Waals surface area contributed by atoms with E-state index in [1.165, 1.54) is 5.56 Å². The molecule has 1 aliphatic carbocycles. The van der Waals surface area contributed by atoms with E-state index in [-0.39, 0.29) is 17.9 Å². The maximum absolute atomic E-state index is 11.8. The Labute approximate surface area is 97.1 Å². The van der Waals surface area contributed by atoms with E-state index >= 15 is 0 Å². The monoisotopic (exact) mass is 217 g/mol. The van der Waals surface area contributed by atoms with Crippen LogP contribution in [0.25, 0.3) is 0 Å². The summed E-state index contributed by atoms with van der Waals surface area (Å²) in [6, 6.07) is 10.4. The quantitative estimate of drug-likeness (QED) is 0.825. The fraction of sp³-hybridized carbons (Fsp3) is 0.500. The smallest absolute Gasteiger partial charge is 0.223 e. The van der Waals surface area contributed by atoms with E-state index < -0.39 is 0 Å². The molecule has 1 N–H and O–H groups in total. The van der Waals surface area contributed by atoms with Crippen LogP contribution in [0.1, 0.15) is 38.3 Å². The third-order valence-corrected chi connectivity index (χ3v) is 3.07. The molecule has 0 spiro atoms. The predicted octanol–water partition coefficient (Wildman–Crippen LogP) is 2.91. The van der Waals surface area contributed by atoms with Crippen LogP contribution in [0.2, 0.25) is 0 Å². The molecule has 86 valence electrons. The van der Waals surface area contributed by atoms with E-state index in [1.807, 2.05) is 18.2 Å². The summed E-state index contributed by atoms with van der Waals surface area (Å²) in [5.74, 6) is 0.928. The van der Waals surface area contributed by atoms with Crippen molar-refractivity contribution in [1.82, 2.24) is 5.32 Å². The number of nitrogens with one attached hydrogen (secondary N) is 1. The van der Waals surface area contributed by atoms with Gasteiger partial charge < -0.3 is 5.32 Å². The SMILES string of the molecule is CC(C)[C@@H](NC(=O)C1CC1)c1ccccc1. The lowest BCUT2D eigenvalue weighted by Gasteiger charge is -2.22. The van der Waals surface area contributed by atoms with Crippen molar-refractivity contribution in [2.45, 2.75) is 32.7 Å². The molecule has 1 saturated carbocycles.